The van der Waals surface area contributed by atoms with E-state index in [1.54, 1.807) is 10.9 Å². The van der Waals surface area contributed by atoms with Gasteiger partial charge in [-0.3, -0.25) is 4.79 Å². The minimum Gasteiger partial charge on any atom is -0.339 e. The molecule has 1 aliphatic carbocycles. The second kappa shape index (κ2) is 7.34. The molecule has 0 spiro atoms. The van der Waals surface area contributed by atoms with E-state index >= 15 is 0 Å². The quantitative estimate of drug-likeness (QED) is 0.648. The van der Waals surface area contributed by atoms with Gasteiger partial charge >= 0.3 is 0 Å². The van der Waals surface area contributed by atoms with Crippen molar-refractivity contribution in [3.63, 3.8) is 0 Å². The molecule has 4 rings (SSSR count). The van der Waals surface area contributed by atoms with Crippen LogP contribution in [0.2, 0.25) is 0 Å². The van der Waals surface area contributed by atoms with Gasteiger partial charge in [0.25, 0.3) is 5.91 Å². The van der Waals surface area contributed by atoms with E-state index in [4.69, 9.17) is 10.1 Å². The minimum atomic E-state index is 0.0640. The zero-order valence-electron chi connectivity index (χ0n) is 17.0. The number of aromatic nitrogens is 4. The third-order valence-electron chi connectivity index (χ3n) is 5.18. The van der Waals surface area contributed by atoms with Gasteiger partial charge in [-0.1, -0.05) is 19.9 Å². The SMILES string of the molecule is CCN(CC(C)C)C(=O)c1cc(C2CC2)nc2c1c(C)nn2-c1ccccn1. The first-order valence-electron chi connectivity index (χ1n) is 10.1. The number of aryl methyl sites for hydroxylation is 1. The summed E-state index contributed by atoms with van der Waals surface area (Å²) < 4.78 is 1.77. The van der Waals surface area contributed by atoms with Crippen LogP contribution in [0.5, 0.6) is 0 Å². The molecule has 3 aromatic heterocycles. The van der Waals surface area contributed by atoms with Crippen molar-refractivity contribution in [1.29, 1.82) is 0 Å². The lowest BCUT2D eigenvalue weighted by Crippen LogP contribution is -2.34. The van der Waals surface area contributed by atoms with Crippen molar-refractivity contribution in [1.82, 2.24) is 24.6 Å². The van der Waals surface area contributed by atoms with Gasteiger partial charge in [0.1, 0.15) is 0 Å². The first kappa shape index (κ1) is 18.6. The van der Waals surface area contributed by atoms with E-state index in [-0.39, 0.29) is 5.91 Å². The van der Waals surface area contributed by atoms with Crippen LogP contribution in [0.25, 0.3) is 16.9 Å². The maximum atomic E-state index is 13.5. The summed E-state index contributed by atoms with van der Waals surface area (Å²) in [7, 11) is 0. The Bertz CT molecular complexity index is 1000. The van der Waals surface area contributed by atoms with Gasteiger partial charge in [-0.15, -0.1) is 0 Å². The number of nitrogens with zero attached hydrogens (tertiary/aromatic N) is 5. The highest BCUT2D eigenvalue weighted by molar-refractivity contribution is 6.06. The molecule has 1 aliphatic rings. The lowest BCUT2D eigenvalue weighted by molar-refractivity contribution is 0.0747. The van der Waals surface area contributed by atoms with Crippen LogP contribution in [-0.2, 0) is 0 Å². The number of rotatable bonds is 6. The summed E-state index contributed by atoms with van der Waals surface area (Å²) in [6, 6.07) is 7.73. The third-order valence-corrected chi connectivity index (χ3v) is 5.18. The average molecular weight is 377 g/mol. The molecule has 6 nitrogen and oxygen atoms in total. The summed E-state index contributed by atoms with van der Waals surface area (Å²) in [4.78, 5) is 24.7. The van der Waals surface area contributed by atoms with Crippen LogP contribution in [0.4, 0.5) is 0 Å². The lowest BCUT2D eigenvalue weighted by Gasteiger charge is -2.23. The van der Waals surface area contributed by atoms with E-state index in [0.717, 1.165) is 41.8 Å². The van der Waals surface area contributed by atoms with Crippen molar-refractivity contribution in [3.05, 3.63) is 47.4 Å². The van der Waals surface area contributed by atoms with Crippen molar-refractivity contribution in [2.45, 2.75) is 46.5 Å². The molecule has 0 aromatic carbocycles. The van der Waals surface area contributed by atoms with Crippen molar-refractivity contribution < 1.29 is 4.79 Å². The lowest BCUT2D eigenvalue weighted by atomic mass is 10.1. The molecule has 0 aliphatic heterocycles. The Morgan fingerprint density at radius 2 is 2.11 bits per heavy atom. The molecule has 6 heteroatoms. The first-order valence-corrected chi connectivity index (χ1v) is 10.1. The molecule has 146 valence electrons. The molecule has 28 heavy (non-hydrogen) atoms. The van der Waals surface area contributed by atoms with E-state index in [9.17, 15) is 4.79 Å². The molecule has 1 saturated carbocycles. The average Bonchev–Trinajstić information content (AvgIpc) is 3.49. The van der Waals surface area contributed by atoms with E-state index in [1.165, 1.54) is 0 Å². The summed E-state index contributed by atoms with van der Waals surface area (Å²) >= 11 is 0. The standard InChI is InChI=1S/C22H27N5O/c1-5-26(13-14(2)3)22(28)17-12-18(16-9-10-16)24-21-20(17)15(4)25-27(21)19-8-6-7-11-23-19/h6-8,11-12,14,16H,5,9-10,13H2,1-4H3. The van der Waals surface area contributed by atoms with Crippen molar-refractivity contribution in [3.8, 4) is 5.82 Å². The molecule has 0 atom stereocenters. The molecule has 3 aromatic rings. The van der Waals surface area contributed by atoms with Crippen LogP contribution >= 0.6 is 0 Å². The Morgan fingerprint density at radius 3 is 2.71 bits per heavy atom. The highest BCUT2D eigenvalue weighted by Crippen LogP contribution is 2.40. The highest BCUT2D eigenvalue weighted by Gasteiger charge is 2.30. The molecular formula is C22H27N5O. The molecule has 3 heterocycles. The highest BCUT2D eigenvalue weighted by atomic mass is 16.2. The Hall–Kier alpha value is -2.76. The van der Waals surface area contributed by atoms with Gasteiger partial charge in [-0.25, -0.2) is 9.97 Å². The second-order valence-corrected chi connectivity index (χ2v) is 7.99. The fraction of sp³-hybridized carbons (Fsp3) is 0.455. The minimum absolute atomic E-state index is 0.0640. The van der Waals surface area contributed by atoms with Gasteiger partial charge in [0.15, 0.2) is 11.5 Å². The zero-order chi connectivity index (χ0) is 19.8. The Labute approximate surface area is 165 Å². The number of hydrogen-bond donors (Lipinski definition) is 0. The van der Waals surface area contributed by atoms with E-state index in [1.807, 2.05) is 43.0 Å². The molecule has 1 fully saturated rings. The van der Waals surface area contributed by atoms with E-state index in [0.29, 0.717) is 29.8 Å². The van der Waals surface area contributed by atoms with Gasteiger partial charge in [0.2, 0.25) is 0 Å². The first-order chi connectivity index (χ1) is 13.5. The maximum absolute atomic E-state index is 13.5. The fourth-order valence-electron chi connectivity index (χ4n) is 3.67. The third kappa shape index (κ3) is 3.39. The Morgan fingerprint density at radius 1 is 1.32 bits per heavy atom. The van der Waals surface area contributed by atoms with Gasteiger partial charge in [0.05, 0.1) is 16.6 Å². The number of carbonyl (C=O) groups is 1. The predicted molar refractivity (Wildman–Crippen MR) is 110 cm³/mol. The maximum Gasteiger partial charge on any atom is 0.254 e. The van der Waals surface area contributed by atoms with Crippen LogP contribution in [0.1, 0.15) is 61.3 Å². The number of amides is 1. The molecule has 0 saturated heterocycles. The van der Waals surface area contributed by atoms with Crippen LogP contribution in [-0.4, -0.2) is 43.6 Å². The largest absolute Gasteiger partial charge is 0.339 e. The fourth-order valence-corrected chi connectivity index (χ4v) is 3.67. The van der Waals surface area contributed by atoms with E-state index < -0.39 is 0 Å². The molecule has 0 unspecified atom stereocenters. The molecule has 0 radical (unpaired) electrons. The summed E-state index contributed by atoms with van der Waals surface area (Å²) in [6.45, 7) is 9.68. The summed E-state index contributed by atoms with van der Waals surface area (Å²) in [5.41, 5.74) is 3.24. The van der Waals surface area contributed by atoms with Gasteiger partial charge in [-0.05, 0) is 50.8 Å². The summed E-state index contributed by atoms with van der Waals surface area (Å²) in [5, 5.41) is 5.53. The van der Waals surface area contributed by atoms with Crippen LogP contribution in [0.3, 0.4) is 0 Å². The van der Waals surface area contributed by atoms with Gasteiger partial charge in [0, 0.05) is 30.9 Å². The van der Waals surface area contributed by atoms with Crippen LogP contribution < -0.4 is 0 Å². The topological polar surface area (TPSA) is 63.9 Å². The van der Waals surface area contributed by atoms with Crippen molar-refractivity contribution in [2.24, 2.45) is 5.92 Å². The molecule has 0 N–H and O–H groups in total. The predicted octanol–water partition coefficient (Wildman–Crippen LogP) is 4.12. The number of fused-ring (bicyclic) bond motifs is 1. The summed E-state index contributed by atoms with van der Waals surface area (Å²) in [6.07, 6.45) is 4.01. The van der Waals surface area contributed by atoms with Crippen LogP contribution in [0, 0.1) is 12.8 Å². The Kier molecular flexibility index (Phi) is 4.87. The second-order valence-electron chi connectivity index (χ2n) is 7.99. The normalized spacial score (nSPS) is 14.0. The van der Waals surface area contributed by atoms with Gasteiger partial charge in [-0.2, -0.15) is 9.78 Å². The monoisotopic (exact) mass is 377 g/mol. The molecule has 0 bridgehead atoms. The van der Waals surface area contributed by atoms with Crippen molar-refractivity contribution >= 4 is 16.9 Å². The molecular weight excluding hydrogens is 350 g/mol. The molecule has 1 amide bonds. The van der Waals surface area contributed by atoms with E-state index in [2.05, 4.69) is 18.8 Å². The van der Waals surface area contributed by atoms with Crippen molar-refractivity contribution in [2.75, 3.05) is 13.1 Å². The number of pyridine rings is 2. The van der Waals surface area contributed by atoms with Crippen LogP contribution in [0.15, 0.2) is 30.5 Å². The zero-order valence-corrected chi connectivity index (χ0v) is 17.0. The number of hydrogen-bond acceptors (Lipinski definition) is 4. The van der Waals surface area contributed by atoms with Gasteiger partial charge < -0.3 is 4.90 Å². The summed E-state index contributed by atoms with van der Waals surface area (Å²) in [5.74, 6) is 1.65. The smallest absolute Gasteiger partial charge is 0.254 e. The Balaban J connectivity index is 1.91. The number of carbonyl (C=O) groups excluding carboxylic acids is 1.